The van der Waals surface area contributed by atoms with Crippen molar-refractivity contribution >= 4 is 6.09 Å². The maximum absolute atomic E-state index is 11.9. The Hall–Kier alpha value is -1.42. The average Bonchev–Trinajstić information content (AvgIpc) is 2.14. The third-order valence-electron chi connectivity index (χ3n) is 2.50. The second kappa shape index (κ2) is 5.27. The summed E-state index contributed by atoms with van der Waals surface area (Å²) in [4.78, 5) is 16.3. The van der Waals surface area contributed by atoms with E-state index in [0.717, 1.165) is 6.42 Å². The standard InChI is InChI=1S/C11H20N4O2/c1-8-5-9(13-14-12)7-15(6-8)10(16)17-11(2,3)4/h8-9H,5-7H2,1-4H3/t8-,9+/m0/s1. The molecular weight excluding hydrogens is 220 g/mol. The SMILES string of the molecule is C[C@H]1C[C@@H](N=[N+]=[N-])CN(C(=O)OC(C)(C)C)C1. The van der Waals surface area contributed by atoms with Crippen molar-refractivity contribution in [2.24, 2.45) is 11.0 Å². The van der Waals surface area contributed by atoms with Crippen molar-refractivity contribution < 1.29 is 9.53 Å². The molecule has 6 nitrogen and oxygen atoms in total. The van der Waals surface area contributed by atoms with E-state index in [1.807, 2.05) is 27.7 Å². The summed E-state index contributed by atoms with van der Waals surface area (Å²) in [5.41, 5.74) is 7.95. The fourth-order valence-corrected chi connectivity index (χ4v) is 1.95. The van der Waals surface area contributed by atoms with Crippen LogP contribution >= 0.6 is 0 Å². The van der Waals surface area contributed by atoms with E-state index in [-0.39, 0.29) is 12.1 Å². The maximum atomic E-state index is 11.9. The van der Waals surface area contributed by atoms with E-state index < -0.39 is 5.60 Å². The summed E-state index contributed by atoms with van der Waals surface area (Å²) >= 11 is 0. The molecule has 0 aromatic carbocycles. The van der Waals surface area contributed by atoms with Crippen molar-refractivity contribution in [2.75, 3.05) is 13.1 Å². The Morgan fingerprint density at radius 2 is 2.12 bits per heavy atom. The van der Waals surface area contributed by atoms with Crippen LogP contribution < -0.4 is 0 Å². The first kappa shape index (κ1) is 13.6. The number of amides is 1. The van der Waals surface area contributed by atoms with Gasteiger partial charge in [-0.3, -0.25) is 0 Å². The van der Waals surface area contributed by atoms with Crippen LogP contribution in [0.1, 0.15) is 34.1 Å². The lowest BCUT2D eigenvalue weighted by molar-refractivity contribution is 0.0154. The summed E-state index contributed by atoms with van der Waals surface area (Å²) in [5.74, 6) is 0.326. The first-order valence-electron chi connectivity index (χ1n) is 5.84. The van der Waals surface area contributed by atoms with Gasteiger partial charge in [-0.25, -0.2) is 4.79 Å². The number of carbonyl (C=O) groups is 1. The van der Waals surface area contributed by atoms with E-state index >= 15 is 0 Å². The van der Waals surface area contributed by atoms with Gasteiger partial charge in [0.05, 0.1) is 6.04 Å². The second-order valence-corrected chi connectivity index (χ2v) is 5.58. The van der Waals surface area contributed by atoms with Crippen LogP contribution in [0.5, 0.6) is 0 Å². The van der Waals surface area contributed by atoms with Crippen molar-refractivity contribution in [3.05, 3.63) is 10.4 Å². The Kier molecular flexibility index (Phi) is 4.23. The maximum Gasteiger partial charge on any atom is 0.410 e. The van der Waals surface area contributed by atoms with Gasteiger partial charge in [0.15, 0.2) is 0 Å². The highest BCUT2D eigenvalue weighted by Gasteiger charge is 2.30. The Bertz CT molecular complexity index is 331. The van der Waals surface area contributed by atoms with Gasteiger partial charge in [0.25, 0.3) is 0 Å². The van der Waals surface area contributed by atoms with Crippen molar-refractivity contribution in [3.63, 3.8) is 0 Å². The number of azide groups is 1. The minimum atomic E-state index is -0.494. The molecule has 96 valence electrons. The largest absolute Gasteiger partial charge is 0.444 e. The molecule has 1 aliphatic rings. The molecule has 1 fully saturated rings. The van der Waals surface area contributed by atoms with Crippen molar-refractivity contribution in [1.29, 1.82) is 0 Å². The van der Waals surface area contributed by atoms with Crippen molar-refractivity contribution in [1.82, 2.24) is 4.90 Å². The van der Waals surface area contributed by atoms with Gasteiger partial charge in [0.1, 0.15) is 5.60 Å². The Morgan fingerprint density at radius 3 is 2.65 bits per heavy atom. The van der Waals surface area contributed by atoms with E-state index in [1.165, 1.54) is 0 Å². The molecule has 17 heavy (non-hydrogen) atoms. The van der Waals surface area contributed by atoms with Gasteiger partial charge < -0.3 is 9.64 Å². The van der Waals surface area contributed by atoms with Crippen molar-refractivity contribution in [3.8, 4) is 0 Å². The highest BCUT2D eigenvalue weighted by atomic mass is 16.6. The highest BCUT2D eigenvalue weighted by molar-refractivity contribution is 5.68. The van der Waals surface area contributed by atoms with Gasteiger partial charge in [-0.2, -0.15) is 0 Å². The second-order valence-electron chi connectivity index (χ2n) is 5.58. The lowest BCUT2D eigenvalue weighted by Crippen LogP contribution is -2.46. The lowest BCUT2D eigenvalue weighted by Gasteiger charge is -2.35. The number of carbonyl (C=O) groups excluding carboxylic acids is 1. The molecule has 0 spiro atoms. The van der Waals surface area contributed by atoms with Crippen LogP contribution in [0.15, 0.2) is 5.11 Å². The van der Waals surface area contributed by atoms with Crippen LogP contribution in [-0.4, -0.2) is 35.7 Å². The number of hydrogen-bond acceptors (Lipinski definition) is 3. The third kappa shape index (κ3) is 4.53. The smallest absolute Gasteiger partial charge is 0.410 e. The summed E-state index contributed by atoms with van der Waals surface area (Å²) in [6.07, 6.45) is 0.491. The molecule has 0 unspecified atom stereocenters. The molecule has 0 saturated carbocycles. The molecule has 0 N–H and O–H groups in total. The quantitative estimate of drug-likeness (QED) is 0.401. The minimum Gasteiger partial charge on any atom is -0.444 e. The summed E-state index contributed by atoms with van der Waals surface area (Å²) < 4.78 is 5.30. The molecule has 1 amide bonds. The van der Waals surface area contributed by atoms with Gasteiger partial charge >= 0.3 is 6.09 Å². The average molecular weight is 240 g/mol. The molecule has 0 radical (unpaired) electrons. The van der Waals surface area contributed by atoms with Gasteiger partial charge in [-0.15, -0.1) is 0 Å². The van der Waals surface area contributed by atoms with E-state index in [0.29, 0.717) is 19.0 Å². The summed E-state index contributed by atoms with van der Waals surface area (Å²) in [6.45, 7) is 8.65. The molecule has 6 heteroatoms. The predicted molar refractivity (Wildman–Crippen MR) is 64.5 cm³/mol. The number of likely N-dealkylation sites (tertiary alicyclic amines) is 1. The van der Waals surface area contributed by atoms with Crippen LogP contribution in [0.25, 0.3) is 10.4 Å². The molecule has 1 saturated heterocycles. The first-order valence-corrected chi connectivity index (χ1v) is 5.84. The Labute approximate surface area is 102 Å². The molecule has 0 bridgehead atoms. The highest BCUT2D eigenvalue weighted by Crippen LogP contribution is 2.21. The summed E-state index contributed by atoms with van der Waals surface area (Å²) in [7, 11) is 0. The topological polar surface area (TPSA) is 78.3 Å². The zero-order valence-corrected chi connectivity index (χ0v) is 10.9. The number of hydrogen-bond donors (Lipinski definition) is 0. The molecular formula is C11H20N4O2. The number of ether oxygens (including phenoxy) is 1. The van der Waals surface area contributed by atoms with E-state index in [1.54, 1.807) is 4.90 Å². The molecule has 1 rings (SSSR count). The normalized spacial score (nSPS) is 25.1. The fraction of sp³-hybridized carbons (Fsp3) is 0.909. The van der Waals surface area contributed by atoms with Crippen LogP contribution in [-0.2, 0) is 4.74 Å². The van der Waals surface area contributed by atoms with Gasteiger partial charge in [-0.05, 0) is 38.6 Å². The fourth-order valence-electron chi connectivity index (χ4n) is 1.95. The van der Waals surface area contributed by atoms with E-state index in [9.17, 15) is 4.79 Å². The summed E-state index contributed by atoms with van der Waals surface area (Å²) in [6, 6.07) is -0.142. The molecule has 1 heterocycles. The zero-order chi connectivity index (χ0) is 13.1. The number of nitrogens with zero attached hydrogens (tertiary/aromatic N) is 4. The Morgan fingerprint density at radius 1 is 1.47 bits per heavy atom. The predicted octanol–water partition coefficient (Wildman–Crippen LogP) is 2.94. The third-order valence-corrected chi connectivity index (χ3v) is 2.50. The Balaban J connectivity index is 2.64. The molecule has 2 atom stereocenters. The van der Waals surface area contributed by atoms with Crippen LogP contribution in [0.3, 0.4) is 0 Å². The van der Waals surface area contributed by atoms with E-state index in [2.05, 4.69) is 10.0 Å². The van der Waals surface area contributed by atoms with Crippen LogP contribution in [0.2, 0.25) is 0 Å². The summed E-state index contributed by atoms with van der Waals surface area (Å²) in [5, 5.41) is 3.69. The van der Waals surface area contributed by atoms with Gasteiger partial charge in [0, 0.05) is 18.0 Å². The molecule has 1 aliphatic heterocycles. The molecule has 0 aliphatic carbocycles. The number of piperidine rings is 1. The monoisotopic (exact) mass is 240 g/mol. The lowest BCUT2D eigenvalue weighted by atomic mass is 9.97. The molecule has 0 aromatic heterocycles. The zero-order valence-electron chi connectivity index (χ0n) is 10.9. The van der Waals surface area contributed by atoms with Gasteiger partial charge in [-0.1, -0.05) is 12.0 Å². The number of rotatable bonds is 1. The minimum absolute atomic E-state index is 0.142. The van der Waals surface area contributed by atoms with Crippen molar-refractivity contribution in [2.45, 2.75) is 45.8 Å². The molecule has 0 aromatic rings. The van der Waals surface area contributed by atoms with E-state index in [4.69, 9.17) is 10.3 Å². The first-order chi connectivity index (χ1) is 7.81. The van der Waals surface area contributed by atoms with Crippen LogP contribution in [0.4, 0.5) is 4.79 Å². The van der Waals surface area contributed by atoms with Gasteiger partial charge in [0.2, 0.25) is 0 Å². The van der Waals surface area contributed by atoms with Crippen LogP contribution in [0, 0.1) is 5.92 Å².